The minimum atomic E-state index is -0.0522. The van der Waals surface area contributed by atoms with Gasteiger partial charge in [-0.1, -0.05) is 34.1 Å². The Morgan fingerprint density at radius 1 is 0.938 bits per heavy atom. The van der Waals surface area contributed by atoms with Crippen molar-refractivity contribution in [2.75, 3.05) is 0 Å². The van der Waals surface area contributed by atoms with E-state index >= 15 is 0 Å². The van der Waals surface area contributed by atoms with Gasteiger partial charge in [-0.2, -0.15) is 0 Å². The summed E-state index contributed by atoms with van der Waals surface area (Å²) < 4.78 is 0. The predicted molar refractivity (Wildman–Crippen MR) is 66.1 cm³/mol. The molecular weight excluding hydrogens is 196 g/mol. The van der Waals surface area contributed by atoms with E-state index in [1.54, 1.807) is 0 Å². The summed E-state index contributed by atoms with van der Waals surface area (Å²) in [5.74, 6) is 0. The Labute approximate surface area is 99.6 Å². The van der Waals surface area contributed by atoms with Crippen LogP contribution in [0.4, 0.5) is 0 Å². The standard InChI is InChI=1S/C15H26O/c1-12(2)6-5-7-14(4)13(3)8-9-15(12,14)10-11(13)16/h11,16H,5-10H2,1-4H3. The molecule has 1 heteroatoms. The molecule has 3 fully saturated rings. The van der Waals surface area contributed by atoms with Gasteiger partial charge in [-0.3, -0.25) is 0 Å². The molecule has 0 aliphatic heterocycles. The maximum absolute atomic E-state index is 10.5. The molecule has 0 aromatic heterocycles. The van der Waals surface area contributed by atoms with E-state index in [9.17, 15) is 5.11 Å². The molecular formula is C15H26O. The lowest BCUT2D eigenvalue weighted by molar-refractivity contribution is -0.0830. The van der Waals surface area contributed by atoms with E-state index in [1.165, 1.54) is 32.1 Å². The molecule has 0 radical (unpaired) electrons. The highest BCUT2D eigenvalue weighted by molar-refractivity contribution is 5.24. The molecule has 0 amide bonds. The summed E-state index contributed by atoms with van der Waals surface area (Å²) in [6, 6.07) is 0. The number of aliphatic hydroxyl groups is 1. The van der Waals surface area contributed by atoms with Crippen molar-refractivity contribution >= 4 is 0 Å². The first-order chi connectivity index (χ1) is 7.29. The lowest BCUT2D eigenvalue weighted by atomic mass is 9.47. The highest BCUT2D eigenvalue weighted by Crippen LogP contribution is 2.80. The molecule has 92 valence electrons. The van der Waals surface area contributed by atoms with Crippen LogP contribution in [0.15, 0.2) is 0 Å². The highest BCUT2D eigenvalue weighted by Gasteiger charge is 2.75. The van der Waals surface area contributed by atoms with E-state index in [0.29, 0.717) is 16.2 Å². The Balaban J connectivity index is 2.18. The zero-order valence-corrected chi connectivity index (χ0v) is 11.3. The van der Waals surface area contributed by atoms with Crippen LogP contribution in [0, 0.1) is 21.7 Å². The van der Waals surface area contributed by atoms with E-state index in [2.05, 4.69) is 27.7 Å². The minimum absolute atomic E-state index is 0.0522. The fraction of sp³-hybridized carbons (Fsp3) is 1.00. The van der Waals surface area contributed by atoms with Crippen LogP contribution in [-0.4, -0.2) is 11.2 Å². The number of hydrogen-bond donors (Lipinski definition) is 1. The summed E-state index contributed by atoms with van der Waals surface area (Å²) in [5.41, 5.74) is 1.44. The van der Waals surface area contributed by atoms with Gasteiger partial charge >= 0.3 is 0 Å². The largest absolute Gasteiger partial charge is 0.393 e. The smallest absolute Gasteiger partial charge is 0.0604 e. The highest BCUT2D eigenvalue weighted by atomic mass is 16.3. The van der Waals surface area contributed by atoms with Gasteiger partial charge in [-0.05, 0) is 53.8 Å². The van der Waals surface area contributed by atoms with Gasteiger partial charge in [0.2, 0.25) is 0 Å². The molecule has 3 rings (SSSR count). The van der Waals surface area contributed by atoms with Gasteiger partial charge in [0.15, 0.2) is 0 Å². The fourth-order valence-electron chi connectivity index (χ4n) is 6.00. The van der Waals surface area contributed by atoms with Gasteiger partial charge in [0, 0.05) is 0 Å². The third-order valence-corrected chi connectivity index (χ3v) is 7.44. The van der Waals surface area contributed by atoms with Gasteiger partial charge < -0.3 is 5.11 Å². The lowest BCUT2D eigenvalue weighted by Gasteiger charge is -2.57. The fourth-order valence-corrected chi connectivity index (χ4v) is 6.00. The molecule has 4 unspecified atom stereocenters. The molecule has 1 nitrogen and oxygen atoms in total. The Morgan fingerprint density at radius 3 is 2.19 bits per heavy atom. The number of hydrogen-bond acceptors (Lipinski definition) is 1. The lowest BCUT2D eigenvalue weighted by Crippen LogP contribution is -2.49. The Hall–Kier alpha value is -0.0400. The topological polar surface area (TPSA) is 20.2 Å². The van der Waals surface area contributed by atoms with Crippen LogP contribution >= 0.6 is 0 Å². The molecule has 4 atom stereocenters. The molecule has 16 heavy (non-hydrogen) atoms. The van der Waals surface area contributed by atoms with Gasteiger partial charge in [0.25, 0.3) is 0 Å². The van der Waals surface area contributed by atoms with Crippen LogP contribution in [0.2, 0.25) is 0 Å². The van der Waals surface area contributed by atoms with E-state index in [-0.39, 0.29) is 11.5 Å². The molecule has 3 saturated carbocycles. The summed E-state index contributed by atoms with van der Waals surface area (Å²) in [4.78, 5) is 0. The van der Waals surface area contributed by atoms with Crippen LogP contribution in [0.3, 0.4) is 0 Å². The summed E-state index contributed by atoms with van der Waals surface area (Å²) in [5, 5.41) is 10.5. The van der Waals surface area contributed by atoms with Gasteiger partial charge in [0.1, 0.15) is 0 Å². The van der Waals surface area contributed by atoms with E-state index in [4.69, 9.17) is 0 Å². The van der Waals surface area contributed by atoms with Crippen LogP contribution in [0.5, 0.6) is 0 Å². The van der Waals surface area contributed by atoms with Crippen molar-refractivity contribution in [2.45, 2.75) is 72.3 Å². The number of aliphatic hydroxyl groups excluding tert-OH is 1. The van der Waals surface area contributed by atoms with Crippen LogP contribution < -0.4 is 0 Å². The van der Waals surface area contributed by atoms with Gasteiger partial charge in [-0.25, -0.2) is 0 Å². The monoisotopic (exact) mass is 222 g/mol. The first-order valence-corrected chi connectivity index (χ1v) is 6.97. The zero-order valence-electron chi connectivity index (χ0n) is 11.3. The van der Waals surface area contributed by atoms with E-state index in [1.807, 2.05) is 0 Å². The van der Waals surface area contributed by atoms with E-state index < -0.39 is 0 Å². The van der Waals surface area contributed by atoms with Crippen molar-refractivity contribution in [3.63, 3.8) is 0 Å². The van der Waals surface area contributed by atoms with E-state index in [0.717, 1.165) is 6.42 Å². The summed E-state index contributed by atoms with van der Waals surface area (Å²) in [7, 11) is 0. The average Bonchev–Trinajstić information content (AvgIpc) is 2.50. The second-order valence-corrected chi connectivity index (χ2v) is 7.79. The van der Waals surface area contributed by atoms with Gasteiger partial charge in [0.05, 0.1) is 6.10 Å². The summed E-state index contributed by atoms with van der Waals surface area (Å²) in [6.45, 7) is 9.74. The van der Waals surface area contributed by atoms with Crippen molar-refractivity contribution in [3.05, 3.63) is 0 Å². The van der Waals surface area contributed by atoms with Crippen molar-refractivity contribution < 1.29 is 5.11 Å². The zero-order chi connectivity index (χ0) is 11.8. The Kier molecular flexibility index (Phi) is 1.86. The molecule has 0 spiro atoms. The second kappa shape index (κ2) is 2.68. The Bertz CT molecular complexity index is 334. The quantitative estimate of drug-likeness (QED) is 0.662. The first-order valence-electron chi connectivity index (χ1n) is 6.97. The van der Waals surface area contributed by atoms with Gasteiger partial charge in [-0.15, -0.1) is 0 Å². The third kappa shape index (κ3) is 0.836. The van der Waals surface area contributed by atoms with Crippen molar-refractivity contribution in [3.8, 4) is 0 Å². The van der Waals surface area contributed by atoms with Crippen LogP contribution in [0.25, 0.3) is 0 Å². The maximum atomic E-state index is 10.5. The minimum Gasteiger partial charge on any atom is -0.393 e. The second-order valence-electron chi connectivity index (χ2n) is 7.79. The molecule has 0 heterocycles. The predicted octanol–water partition coefficient (Wildman–Crippen LogP) is 3.75. The van der Waals surface area contributed by atoms with Crippen molar-refractivity contribution in [1.29, 1.82) is 0 Å². The third-order valence-electron chi connectivity index (χ3n) is 7.44. The maximum Gasteiger partial charge on any atom is 0.0604 e. The van der Waals surface area contributed by atoms with Crippen molar-refractivity contribution in [1.82, 2.24) is 0 Å². The average molecular weight is 222 g/mol. The molecule has 3 aliphatic carbocycles. The molecule has 0 aromatic rings. The molecule has 3 aliphatic rings. The van der Waals surface area contributed by atoms with Crippen LogP contribution in [-0.2, 0) is 0 Å². The summed E-state index contributed by atoms with van der Waals surface area (Å²) >= 11 is 0. The molecule has 0 saturated heterocycles. The molecule has 0 aromatic carbocycles. The van der Waals surface area contributed by atoms with Crippen molar-refractivity contribution in [2.24, 2.45) is 21.7 Å². The number of rotatable bonds is 0. The SMILES string of the molecule is CC1(C)CCCC2(C)C3(C)CCC12CC3O. The summed E-state index contributed by atoms with van der Waals surface area (Å²) in [6.07, 6.45) is 7.65. The molecule has 2 bridgehead atoms. The van der Waals surface area contributed by atoms with Crippen LogP contribution in [0.1, 0.15) is 66.2 Å². The normalized spacial score (nSPS) is 58.7. The first kappa shape index (κ1) is 11.1. The molecule has 1 N–H and O–H groups in total. The Morgan fingerprint density at radius 2 is 1.62 bits per heavy atom.